The summed E-state index contributed by atoms with van der Waals surface area (Å²) in [6, 6.07) is 11.3. The van der Waals surface area contributed by atoms with Crippen LogP contribution in [0, 0.1) is 5.82 Å². The zero-order valence-electron chi connectivity index (χ0n) is 12.3. The Balaban J connectivity index is 1.89. The van der Waals surface area contributed by atoms with Gasteiger partial charge in [-0.2, -0.15) is 5.10 Å². The lowest BCUT2D eigenvalue weighted by Crippen LogP contribution is -2.24. The van der Waals surface area contributed by atoms with Crippen LogP contribution in [-0.2, 0) is 4.79 Å². The van der Waals surface area contributed by atoms with E-state index in [2.05, 4.69) is 26.5 Å². The maximum atomic E-state index is 13.3. The number of hydrogen-bond acceptors (Lipinski definition) is 4. The van der Waals surface area contributed by atoms with Gasteiger partial charge in [-0.1, -0.05) is 28.1 Å². The number of hydrogen-bond donors (Lipinski definition) is 1. The van der Waals surface area contributed by atoms with Crippen LogP contribution in [0.3, 0.4) is 0 Å². The molecule has 0 aromatic heterocycles. The molecular formula is C16H14BrFN2O3. The van der Waals surface area contributed by atoms with Crippen LogP contribution in [0.1, 0.15) is 5.56 Å². The van der Waals surface area contributed by atoms with Crippen molar-refractivity contribution in [2.75, 3.05) is 13.7 Å². The van der Waals surface area contributed by atoms with Gasteiger partial charge in [-0.15, -0.1) is 0 Å². The predicted octanol–water partition coefficient (Wildman–Crippen LogP) is 3.13. The van der Waals surface area contributed by atoms with Gasteiger partial charge in [0.1, 0.15) is 5.75 Å². The van der Waals surface area contributed by atoms with E-state index in [9.17, 15) is 9.18 Å². The molecule has 1 amide bonds. The van der Waals surface area contributed by atoms with Crippen LogP contribution in [0.15, 0.2) is 52.0 Å². The minimum absolute atomic E-state index is 0.0142. The number of halogens is 2. The second-order valence-electron chi connectivity index (χ2n) is 4.40. The fourth-order valence-corrected chi connectivity index (χ4v) is 2.10. The van der Waals surface area contributed by atoms with Crippen LogP contribution < -0.4 is 14.9 Å². The first-order valence-electron chi connectivity index (χ1n) is 6.63. The van der Waals surface area contributed by atoms with Crippen LogP contribution in [-0.4, -0.2) is 25.8 Å². The van der Waals surface area contributed by atoms with E-state index in [1.807, 2.05) is 6.07 Å². The lowest BCUT2D eigenvalue weighted by atomic mass is 10.2. The molecule has 1 N–H and O–H groups in total. The first-order chi connectivity index (χ1) is 11.1. The smallest absolute Gasteiger partial charge is 0.277 e. The van der Waals surface area contributed by atoms with E-state index >= 15 is 0 Å². The van der Waals surface area contributed by atoms with Crippen molar-refractivity contribution in [2.24, 2.45) is 5.10 Å². The molecule has 0 saturated heterocycles. The summed E-state index contributed by atoms with van der Waals surface area (Å²) in [5.74, 6) is -0.393. The largest absolute Gasteiger partial charge is 0.496 e. The van der Waals surface area contributed by atoms with Gasteiger partial charge in [-0.3, -0.25) is 4.79 Å². The van der Waals surface area contributed by atoms with Crippen molar-refractivity contribution < 1.29 is 18.7 Å². The molecule has 0 aliphatic rings. The molecule has 0 fully saturated rings. The molecule has 0 unspecified atom stereocenters. The molecule has 0 aliphatic carbocycles. The third-order valence-corrected chi connectivity index (χ3v) is 3.27. The average Bonchev–Trinajstić information content (AvgIpc) is 2.54. The number of hydrazone groups is 1. The van der Waals surface area contributed by atoms with Gasteiger partial charge in [-0.25, -0.2) is 9.82 Å². The molecule has 5 nitrogen and oxygen atoms in total. The van der Waals surface area contributed by atoms with E-state index in [4.69, 9.17) is 9.47 Å². The van der Waals surface area contributed by atoms with Gasteiger partial charge >= 0.3 is 0 Å². The van der Waals surface area contributed by atoms with E-state index in [1.54, 1.807) is 25.3 Å². The maximum Gasteiger partial charge on any atom is 0.277 e. The number of carbonyl (C=O) groups is 1. The molecule has 0 radical (unpaired) electrons. The Hall–Kier alpha value is -2.41. The van der Waals surface area contributed by atoms with Gasteiger partial charge in [0, 0.05) is 10.0 Å². The third kappa shape index (κ3) is 5.07. The first-order valence-corrected chi connectivity index (χ1v) is 7.42. The number of amides is 1. The lowest BCUT2D eigenvalue weighted by molar-refractivity contribution is -0.123. The monoisotopic (exact) mass is 380 g/mol. The Bertz CT molecular complexity index is 722. The van der Waals surface area contributed by atoms with Gasteiger partial charge in [0.15, 0.2) is 18.2 Å². The zero-order valence-corrected chi connectivity index (χ0v) is 13.8. The Morgan fingerprint density at radius 1 is 1.30 bits per heavy atom. The summed E-state index contributed by atoms with van der Waals surface area (Å²) < 4.78 is 24.4. The summed E-state index contributed by atoms with van der Waals surface area (Å²) in [5, 5.41) is 3.83. The van der Waals surface area contributed by atoms with Gasteiger partial charge in [-0.05, 0) is 30.3 Å². The Morgan fingerprint density at radius 2 is 2.09 bits per heavy atom. The van der Waals surface area contributed by atoms with Crippen molar-refractivity contribution in [3.8, 4) is 11.5 Å². The molecule has 2 aromatic rings. The molecule has 2 aromatic carbocycles. The van der Waals surface area contributed by atoms with Crippen LogP contribution >= 0.6 is 15.9 Å². The summed E-state index contributed by atoms with van der Waals surface area (Å²) in [4.78, 5) is 11.6. The molecule has 0 bridgehead atoms. The molecule has 0 saturated carbocycles. The highest BCUT2D eigenvalue weighted by Crippen LogP contribution is 2.21. The number of nitrogens with one attached hydrogen (secondary N) is 1. The van der Waals surface area contributed by atoms with Crippen LogP contribution in [0.2, 0.25) is 0 Å². The van der Waals surface area contributed by atoms with E-state index in [0.29, 0.717) is 11.3 Å². The average molecular weight is 381 g/mol. The van der Waals surface area contributed by atoms with Gasteiger partial charge in [0.2, 0.25) is 0 Å². The van der Waals surface area contributed by atoms with Crippen LogP contribution in [0.25, 0.3) is 0 Å². The van der Waals surface area contributed by atoms with Crippen molar-refractivity contribution in [1.82, 2.24) is 5.43 Å². The Labute approximate surface area is 141 Å². The van der Waals surface area contributed by atoms with Gasteiger partial charge < -0.3 is 9.47 Å². The van der Waals surface area contributed by atoms with Crippen molar-refractivity contribution in [2.45, 2.75) is 0 Å². The SMILES string of the molecule is COc1ccc(Br)cc1/C=N\NC(=O)COc1ccccc1F. The van der Waals surface area contributed by atoms with Crippen LogP contribution in [0.4, 0.5) is 4.39 Å². The van der Waals surface area contributed by atoms with Crippen molar-refractivity contribution >= 4 is 28.1 Å². The van der Waals surface area contributed by atoms with Gasteiger partial charge in [0.25, 0.3) is 5.91 Å². The molecule has 23 heavy (non-hydrogen) atoms. The van der Waals surface area contributed by atoms with Gasteiger partial charge in [0.05, 0.1) is 13.3 Å². The first kappa shape index (κ1) is 17.0. The molecule has 0 aliphatic heterocycles. The van der Waals surface area contributed by atoms with E-state index < -0.39 is 11.7 Å². The van der Waals surface area contributed by atoms with Crippen molar-refractivity contribution in [3.63, 3.8) is 0 Å². The van der Waals surface area contributed by atoms with E-state index in [0.717, 1.165) is 4.47 Å². The summed E-state index contributed by atoms with van der Waals surface area (Å²) in [5.41, 5.74) is 3.00. The van der Waals surface area contributed by atoms with Crippen molar-refractivity contribution in [3.05, 3.63) is 58.3 Å². The van der Waals surface area contributed by atoms with Crippen LogP contribution in [0.5, 0.6) is 11.5 Å². The van der Waals surface area contributed by atoms with E-state index in [1.165, 1.54) is 24.4 Å². The number of ether oxygens (including phenoxy) is 2. The third-order valence-electron chi connectivity index (χ3n) is 2.78. The predicted molar refractivity (Wildman–Crippen MR) is 88.3 cm³/mol. The quantitative estimate of drug-likeness (QED) is 0.618. The van der Waals surface area contributed by atoms with Crippen molar-refractivity contribution in [1.29, 1.82) is 0 Å². The highest BCUT2D eigenvalue weighted by molar-refractivity contribution is 9.10. The number of para-hydroxylation sites is 1. The highest BCUT2D eigenvalue weighted by Gasteiger charge is 2.05. The summed E-state index contributed by atoms with van der Waals surface area (Å²) in [6.45, 7) is -0.339. The highest BCUT2D eigenvalue weighted by atomic mass is 79.9. The number of carbonyl (C=O) groups excluding carboxylic acids is 1. The van der Waals surface area contributed by atoms with E-state index in [-0.39, 0.29) is 12.4 Å². The minimum Gasteiger partial charge on any atom is -0.496 e. The minimum atomic E-state index is -0.525. The fourth-order valence-electron chi connectivity index (χ4n) is 1.72. The molecule has 2 rings (SSSR count). The Kier molecular flexibility index (Phi) is 6.10. The number of methoxy groups -OCH3 is 1. The molecule has 120 valence electrons. The fraction of sp³-hybridized carbons (Fsp3) is 0.125. The molecular weight excluding hydrogens is 367 g/mol. The number of nitrogens with zero attached hydrogens (tertiary/aromatic N) is 1. The summed E-state index contributed by atoms with van der Waals surface area (Å²) in [6.07, 6.45) is 1.45. The molecule has 0 atom stereocenters. The lowest BCUT2D eigenvalue weighted by Gasteiger charge is -2.06. The summed E-state index contributed by atoms with van der Waals surface area (Å²) in [7, 11) is 1.54. The zero-order chi connectivity index (χ0) is 16.7. The molecule has 0 spiro atoms. The summed E-state index contributed by atoms with van der Waals surface area (Å²) >= 11 is 3.34. The standard InChI is InChI=1S/C16H14BrFN2O3/c1-22-14-7-6-12(17)8-11(14)9-19-20-16(21)10-23-15-5-3-2-4-13(15)18/h2-9H,10H2,1H3,(H,20,21)/b19-9-. The number of benzene rings is 2. The molecule has 0 heterocycles. The normalized spacial score (nSPS) is 10.6. The Morgan fingerprint density at radius 3 is 2.83 bits per heavy atom. The second-order valence-corrected chi connectivity index (χ2v) is 5.31. The molecule has 7 heteroatoms. The second kappa shape index (κ2) is 8.28. The maximum absolute atomic E-state index is 13.3. The topological polar surface area (TPSA) is 59.9 Å². The number of rotatable bonds is 6.